The Balaban J connectivity index is 1.99. The molecule has 0 saturated carbocycles. The minimum atomic E-state index is -2.58. The average molecular weight is 352 g/mol. The first kappa shape index (κ1) is 19.8. The molecule has 0 N–H and O–H groups in total. The van der Waals surface area contributed by atoms with Crippen molar-refractivity contribution in [1.82, 2.24) is 9.80 Å². The van der Waals surface area contributed by atoms with Crippen molar-refractivity contribution in [2.24, 2.45) is 5.92 Å². The van der Waals surface area contributed by atoms with Gasteiger partial charge in [0.25, 0.3) is 11.8 Å². The number of amides is 1. The number of hydrogen-bond donors (Lipinski definition) is 0. The molecule has 1 amide bonds. The van der Waals surface area contributed by atoms with Crippen LogP contribution in [0.1, 0.15) is 48.2 Å². The molecule has 1 fully saturated rings. The van der Waals surface area contributed by atoms with Crippen LogP contribution in [0.15, 0.2) is 18.2 Å². The van der Waals surface area contributed by atoms with Gasteiger partial charge in [0.1, 0.15) is 0 Å². The second-order valence-corrected chi connectivity index (χ2v) is 7.63. The van der Waals surface area contributed by atoms with Gasteiger partial charge in [0.05, 0.1) is 6.54 Å². The van der Waals surface area contributed by atoms with Crippen molar-refractivity contribution in [2.75, 3.05) is 26.7 Å². The quantitative estimate of drug-likeness (QED) is 0.795. The van der Waals surface area contributed by atoms with Gasteiger partial charge < -0.3 is 4.90 Å². The maximum atomic E-state index is 13.6. The zero-order valence-corrected chi connectivity index (χ0v) is 16.0. The molecule has 140 valence electrons. The van der Waals surface area contributed by atoms with Crippen molar-refractivity contribution in [2.45, 2.75) is 52.5 Å². The molecule has 0 radical (unpaired) electrons. The fourth-order valence-corrected chi connectivity index (χ4v) is 3.41. The smallest absolute Gasteiger partial charge is 0.260 e. The zero-order valence-electron chi connectivity index (χ0n) is 16.0. The lowest BCUT2D eigenvalue weighted by atomic mass is 9.98. The number of rotatable bonds is 5. The first-order valence-corrected chi connectivity index (χ1v) is 9.05. The monoisotopic (exact) mass is 352 g/mol. The third-order valence-electron chi connectivity index (χ3n) is 5.53. The van der Waals surface area contributed by atoms with E-state index in [4.69, 9.17) is 0 Å². The Hall–Kier alpha value is -1.49. The van der Waals surface area contributed by atoms with Crippen LogP contribution in [0.5, 0.6) is 0 Å². The Bertz CT molecular complexity index is 618. The van der Waals surface area contributed by atoms with E-state index in [1.807, 2.05) is 50.8 Å². The van der Waals surface area contributed by atoms with E-state index in [1.165, 1.54) is 0 Å². The summed E-state index contributed by atoms with van der Waals surface area (Å²) in [5, 5.41) is 0. The van der Waals surface area contributed by atoms with Gasteiger partial charge in [0, 0.05) is 31.6 Å². The van der Waals surface area contributed by atoms with Crippen LogP contribution in [0, 0.1) is 19.8 Å². The summed E-state index contributed by atoms with van der Waals surface area (Å²) in [5.74, 6) is -2.48. The molecule has 3 nitrogen and oxygen atoms in total. The second kappa shape index (κ2) is 7.81. The standard InChI is InChI=1S/C20H30F2N2O/c1-14-7-8-18(11-15(14)2)19(25)23(5)17(4)16(3)12-24-10-6-9-20(21,22)13-24/h7-8,11,16-17H,6,9-10,12-13H2,1-5H3. The van der Waals surface area contributed by atoms with E-state index in [0.717, 1.165) is 11.1 Å². The second-order valence-electron chi connectivity index (χ2n) is 7.63. The summed E-state index contributed by atoms with van der Waals surface area (Å²) in [6.07, 6.45) is 0.518. The van der Waals surface area contributed by atoms with E-state index in [9.17, 15) is 13.6 Å². The van der Waals surface area contributed by atoms with Crippen LogP contribution >= 0.6 is 0 Å². The lowest BCUT2D eigenvalue weighted by Crippen LogP contribution is -2.48. The molecule has 1 heterocycles. The largest absolute Gasteiger partial charge is 0.339 e. The molecule has 1 saturated heterocycles. The molecule has 0 aromatic heterocycles. The van der Waals surface area contributed by atoms with E-state index < -0.39 is 5.92 Å². The van der Waals surface area contributed by atoms with Crippen LogP contribution in [-0.2, 0) is 0 Å². The highest BCUT2D eigenvalue weighted by Crippen LogP contribution is 2.27. The predicted octanol–water partition coefficient (Wildman–Crippen LogP) is 4.13. The minimum Gasteiger partial charge on any atom is -0.339 e. The van der Waals surface area contributed by atoms with Crippen molar-refractivity contribution < 1.29 is 13.6 Å². The number of benzene rings is 1. The van der Waals surface area contributed by atoms with Gasteiger partial charge in [-0.2, -0.15) is 0 Å². The van der Waals surface area contributed by atoms with Crippen molar-refractivity contribution in [3.05, 3.63) is 34.9 Å². The SMILES string of the molecule is Cc1ccc(C(=O)N(C)C(C)C(C)CN2CCCC(F)(F)C2)cc1C. The van der Waals surface area contributed by atoms with Gasteiger partial charge in [0.2, 0.25) is 0 Å². The summed E-state index contributed by atoms with van der Waals surface area (Å²) in [6, 6.07) is 5.70. The van der Waals surface area contributed by atoms with Crippen molar-refractivity contribution in [1.29, 1.82) is 0 Å². The van der Waals surface area contributed by atoms with Crippen molar-refractivity contribution in [3.8, 4) is 0 Å². The van der Waals surface area contributed by atoms with Crippen LogP contribution in [-0.4, -0.2) is 54.4 Å². The van der Waals surface area contributed by atoms with Crippen LogP contribution in [0.4, 0.5) is 8.78 Å². The molecule has 2 atom stereocenters. The first-order chi connectivity index (χ1) is 11.6. The summed E-state index contributed by atoms with van der Waals surface area (Å²) in [7, 11) is 1.80. The summed E-state index contributed by atoms with van der Waals surface area (Å²) in [6.45, 7) is 9.16. The van der Waals surface area contributed by atoms with Gasteiger partial charge in [-0.05, 0) is 62.9 Å². The molecule has 1 aliphatic heterocycles. The van der Waals surface area contributed by atoms with Crippen LogP contribution < -0.4 is 0 Å². The molecule has 0 aliphatic carbocycles. The van der Waals surface area contributed by atoms with E-state index >= 15 is 0 Å². The van der Waals surface area contributed by atoms with Gasteiger partial charge >= 0.3 is 0 Å². The molecule has 1 aromatic carbocycles. The Kier molecular flexibility index (Phi) is 6.20. The van der Waals surface area contributed by atoms with Gasteiger partial charge in [-0.25, -0.2) is 8.78 Å². The predicted molar refractivity (Wildman–Crippen MR) is 97.3 cm³/mol. The number of alkyl halides is 2. The van der Waals surface area contributed by atoms with Crippen molar-refractivity contribution in [3.63, 3.8) is 0 Å². The number of piperidine rings is 1. The molecule has 2 unspecified atom stereocenters. The molecule has 25 heavy (non-hydrogen) atoms. The minimum absolute atomic E-state index is 0.0153. The number of halogens is 2. The van der Waals surface area contributed by atoms with Gasteiger partial charge in [-0.1, -0.05) is 13.0 Å². The Morgan fingerprint density at radius 2 is 1.96 bits per heavy atom. The lowest BCUT2D eigenvalue weighted by Gasteiger charge is -2.37. The van der Waals surface area contributed by atoms with E-state index in [0.29, 0.717) is 25.1 Å². The van der Waals surface area contributed by atoms with E-state index in [-0.39, 0.29) is 30.8 Å². The highest BCUT2D eigenvalue weighted by molar-refractivity contribution is 5.94. The average Bonchev–Trinajstić information content (AvgIpc) is 2.54. The summed E-state index contributed by atoms with van der Waals surface area (Å²) in [4.78, 5) is 16.3. The van der Waals surface area contributed by atoms with Gasteiger partial charge in [0.15, 0.2) is 0 Å². The van der Waals surface area contributed by atoms with Gasteiger partial charge in [-0.15, -0.1) is 0 Å². The normalized spacial score (nSPS) is 20.1. The summed E-state index contributed by atoms with van der Waals surface area (Å²) >= 11 is 0. The fourth-order valence-electron chi connectivity index (χ4n) is 3.41. The maximum Gasteiger partial charge on any atom is 0.260 e. The third-order valence-corrected chi connectivity index (χ3v) is 5.53. The lowest BCUT2D eigenvalue weighted by molar-refractivity contribution is -0.0682. The molecule has 1 aromatic rings. The van der Waals surface area contributed by atoms with E-state index in [2.05, 4.69) is 0 Å². The number of hydrogen-bond acceptors (Lipinski definition) is 2. The first-order valence-electron chi connectivity index (χ1n) is 9.05. The molecule has 5 heteroatoms. The topological polar surface area (TPSA) is 23.6 Å². The maximum absolute atomic E-state index is 13.6. The van der Waals surface area contributed by atoms with Crippen LogP contribution in [0.2, 0.25) is 0 Å². The number of likely N-dealkylation sites (tertiary alicyclic amines) is 1. The molecule has 2 rings (SSSR count). The molecular weight excluding hydrogens is 322 g/mol. The number of carbonyl (C=O) groups is 1. The highest BCUT2D eigenvalue weighted by atomic mass is 19.3. The third kappa shape index (κ3) is 5.00. The molecule has 0 bridgehead atoms. The number of carbonyl (C=O) groups excluding carboxylic acids is 1. The number of aryl methyl sites for hydroxylation is 2. The fraction of sp³-hybridized carbons (Fsp3) is 0.650. The summed E-state index contributed by atoms with van der Waals surface area (Å²) < 4.78 is 27.2. The number of nitrogens with zero attached hydrogens (tertiary/aromatic N) is 2. The van der Waals surface area contributed by atoms with Gasteiger partial charge in [-0.3, -0.25) is 9.69 Å². The Morgan fingerprint density at radius 3 is 2.56 bits per heavy atom. The van der Waals surface area contributed by atoms with Crippen LogP contribution in [0.3, 0.4) is 0 Å². The van der Waals surface area contributed by atoms with Crippen LogP contribution in [0.25, 0.3) is 0 Å². The van der Waals surface area contributed by atoms with Crippen molar-refractivity contribution >= 4 is 5.91 Å². The summed E-state index contributed by atoms with van der Waals surface area (Å²) in [5.41, 5.74) is 2.93. The van der Waals surface area contributed by atoms with E-state index in [1.54, 1.807) is 11.9 Å². The Morgan fingerprint density at radius 1 is 1.28 bits per heavy atom. The zero-order chi connectivity index (χ0) is 18.8. The molecule has 1 aliphatic rings. The molecule has 0 spiro atoms. The highest BCUT2D eigenvalue weighted by Gasteiger charge is 2.36. The molecular formula is C20H30F2N2O. The Labute approximate surface area is 150 Å².